The molecule has 2 N–H and O–H groups in total. The van der Waals surface area contributed by atoms with Crippen LogP contribution in [0, 0.1) is 6.92 Å². The zero-order valence-corrected chi connectivity index (χ0v) is 21.0. The first kappa shape index (κ1) is 24.1. The molecule has 2 aromatic carbocycles. The normalized spacial score (nSPS) is 15.5. The molecule has 0 saturated carbocycles. The van der Waals surface area contributed by atoms with Crippen molar-refractivity contribution in [2.75, 3.05) is 10.9 Å². The summed E-state index contributed by atoms with van der Waals surface area (Å²) >= 11 is 5.96. The summed E-state index contributed by atoms with van der Waals surface area (Å²) in [6.45, 7) is 1.89. The Kier molecular flexibility index (Phi) is 6.55. The van der Waals surface area contributed by atoms with E-state index in [1.165, 1.54) is 28.6 Å². The van der Waals surface area contributed by atoms with Crippen LogP contribution in [0.3, 0.4) is 0 Å². The second-order valence-corrected chi connectivity index (χ2v) is 10.8. The van der Waals surface area contributed by atoms with Crippen molar-refractivity contribution in [3.8, 4) is 0 Å². The number of nitrogens with zero attached hydrogens (tertiary/aromatic N) is 3. The lowest BCUT2D eigenvalue weighted by molar-refractivity contribution is 0.137. The Morgan fingerprint density at radius 2 is 1.92 bits per heavy atom. The lowest BCUT2D eigenvalue weighted by Gasteiger charge is -2.37. The van der Waals surface area contributed by atoms with Gasteiger partial charge in [-0.15, -0.1) is 0 Å². The number of hydrogen-bond donors (Lipinski definition) is 2. The molecule has 0 spiro atoms. The van der Waals surface area contributed by atoms with Crippen molar-refractivity contribution >= 4 is 44.6 Å². The van der Waals surface area contributed by atoms with E-state index < -0.39 is 22.2 Å². The number of fused-ring (bicyclic) bond motifs is 2. The Labute approximate surface area is 213 Å². The fourth-order valence-electron chi connectivity index (χ4n) is 4.27. The number of aryl methyl sites for hydroxylation is 2. The molecule has 0 saturated heterocycles. The number of halogens is 1. The van der Waals surface area contributed by atoms with Crippen LogP contribution in [-0.2, 0) is 27.7 Å². The molecular formula is C25H24ClN5O4S. The monoisotopic (exact) mass is 525 g/mol. The van der Waals surface area contributed by atoms with Gasteiger partial charge in [-0.3, -0.25) is 4.31 Å². The molecular weight excluding hydrogens is 502 g/mol. The van der Waals surface area contributed by atoms with Gasteiger partial charge in [0.1, 0.15) is 12.4 Å². The topological polar surface area (TPSA) is 117 Å². The molecule has 0 bridgehead atoms. The number of carbonyl (C=O) groups is 1. The zero-order valence-electron chi connectivity index (χ0n) is 19.4. The molecule has 1 atom stereocenters. The maximum absolute atomic E-state index is 13.6. The summed E-state index contributed by atoms with van der Waals surface area (Å²) < 4.78 is 34.1. The Balaban J connectivity index is 1.30. The second-order valence-electron chi connectivity index (χ2n) is 8.54. The van der Waals surface area contributed by atoms with Gasteiger partial charge in [-0.05, 0) is 67.8 Å². The number of H-pyrrole nitrogens is 1. The maximum atomic E-state index is 13.6. The van der Waals surface area contributed by atoms with Crippen LogP contribution in [0.15, 0.2) is 65.6 Å². The van der Waals surface area contributed by atoms with Gasteiger partial charge in [0.2, 0.25) is 0 Å². The number of para-hydroxylation sites is 1. The SMILES string of the molecule is Cc1ccc2[nH]c(CNC(=O)OCC3CCc4ccccc4N3S(=O)(=O)c3ccc(Cl)cc3)nc2n1. The van der Waals surface area contributed by atoms with Gasteiger partial charge in [0.25, 0.3) is 10.0 Å². The van der Waals surface area contributed by atoms with Crippen molar-refractivity contribution < 1.29 is 17.9 Å². The van der Waals surface area contributed by atoms with Gasteiger partial charge < -0.3 is 15.0 Å². The Morgan fingerprint density at radius 3 is 2.72 bits per heavy atom. The number of nitrogens with one attached hydrogen (secondary N) is 2. The van der Waals surface area contributed by atoms with Crippen molar-refractivity contribution in [1.29, 1.82) is 0 Å². The van der Waals surface area contributed by atoms with Crippen LogP contribution in [-0.4, -0.2) is 42.1 Å². The molecule has 186 valence electrons. The quantitative estimate of drug-likeness (QED) is 0.386. The van der Waals surface area contributed by atoms with E-state index in [9.17, 15) is 13.2 Å². The van der Waals surface area contributed by atoms with Crippen LogP contribution in [0.1, 0.15) is 23.5 Å². The number of carbonyl (C=O) groups excluding carboxylic acids is 1. The van der Waals surface area contributed by atoms with E-state index in [0.29, 0.717) is 35.0 Å². The average Bonchev–Trinajstić information content (AvgIpc) is 3.28. The maximum Gasteiger partial charge on any atom is 0.407 e. The fraction of sp³-hybridized carbons (Fsp3) is 0.240. The van der Waals surface area contributed by atoms with Crippen LogP contribution < -0.4 is 9.62 Å². The predicted molar refractivity (Wildman–Crippen MR) is 136 cm³/mol. The van der Waals surface area contributed by atoms with E-state index in [1.54, 1.807) is 12.1 Å². The molecule has 0 fully saturated rings. The van der Waals surface area contributed by atoms with E-state index in [-0.39, 0.29) is 18.0 Å². The lowest BCUT2D eigenvalue weighted by Crippen LogP contribution is -2.47. The van der Waals surface area contributed by atoms with Crippen LogP contribution in [0.2, 0.25) is 5.02 Å². The number of anilines is 1. The minimum atomic E-state index is -3.92. The molecule has 11 heteroatoms. The first-order valence-corrected chi connectivity index (χ1v) is 13.2. The molecule has 9 nitrogen and oxygen atoms in total. The Hall–Kier alpha value is -3.63. The van der Waals surface area contributed by atoms with Crippen LogP contribution in [0.4, 0.5) is 10.5 Å². The highest BCUT2D eigenvalue weighted by atomic mass is 35.5. The summed E-state index contributed by atoms with van der Waals surface area (Å²) in [5, 5.41) is 3.10. The van der Waals surface area contributed by atoms with Gasteiger partial charge in [0.15, 0.2) is 5.65 Å². The number of hydrogen-bond acceptors (Lipinski definition) is 6. The molecule has 1 aliphatic heterocycles. The molecule has 1 amide bonds. The number of pyridine rings is 1. The lowest BCUT2D eigenvalue weighted by atomic mass is 9.98. The highest BCUT2D eigenvalue weighted by molar-refractivity contribution is 7.92. The zero-order chi connectivity index (χ0) is 25.3. The molecule has 0 aliphatic carbocycles. The highest BCUT2D eigenvalue weighted by Crippen LogP contribution is 2.35. The van der Waals surface area contributed by atoms with Gasteiger partial charge in [0, 0.05) is 10.7 Å². The predicted octanol–water partition coefficient (Wildman–Crippen LogP) is 4.36. The number of sulfonamides is 1. The molecule has 1 aliphatic rings. The Morgan fingerprint density at radius 1 is 1.14 bits per heavy atom. The third-order valence-corrected chi connectivity index (χ3v) is 8.15. The number of ether oxygens (including phenoxy) is 1. The molecule has 4 aromatic rings. The molecule has 5 rings (SSSR count). The van der Waals surface area contributed by atoms with Gasteiger partial charge in [0.05, 0.1) is 28.7 Å². The van der Waals surface area contributed by atoms with Gasteiger partial charge in [-0.25, -0.2) is 23.2 Å². The number of amides is 1. The Bertz CT molecular complexity index is 1520. The number of alkyl carbamates (subject to hydrolysis) is 1. The molecule has 36 heavy (non-hydrogen) atoms. The summed E-state index contributed by atoms with van der Waals surface area (Å²) in [6.07, 6.45) is 0.512. The second kappa shape index (κ2) is 9.79. The van der Waals surface area contributed by atoms with E-state index in [4.69, 9.17) is 16.3 Å². The summed E-state index contributed by atoms with van der Waals surface area (Å²) in [5.41, 5.74) is 3.70. The van der Waals surface area contributed by atoms with Crippen molar-refractivity contribution in [1.82, 2.24) is 20.3 Å². The average molecular weight is 526 g/mol. The molecule has 3 heterocycles. The molecule has 0 radical (unpaired) electrons. The summed E-state index contributed by atoms with van der Waals surface area (Å²) in [5.74, 6) is 0.540. The first-order valence-electron chi connectivity index (χ1n) is 11.4. The standard InChI is InChI=1S/C25H24ClN5O4S/c1-16-6-13-21-24(28-16)30-23(29-21)14-27-25(32)35-15-19-10-7-17-4-2-3-5-22(17)31(19)36(33,34)20-11-8-18(26)9-12-20/h2-6,8-9,11-13,19H,7,10,14-15H2,1H3,(H,27,32)(H,28,29,30). The number of aromatic nitrogens is 3. The van der Waals surface area contributed by atoms with E-state index >= 15 is 0 Å². The third-order valence-electron chi connectivity index (χ3n) is 6.02. The van der Waals surface area contributed by atoms with Crippen molar-refractivity contribution in [3.63, 3.8) is 0 Å². The van der Waals surface area contributed by atoms with Crippen molar-refractivity contribution in [2.24, 2.45) is 0 Å². The van der Waals surface area contributed by atoms with E-state index in [0.717, 1.165) is 16.8 Å². The minimum absolute atomic E-state index is 0.103. The number of rotatable bonds is 6. The highest BCUT2D eigenvalue weighted by Gasteiger charge is 2.36. The number of benzene rings is 2. The summed E-state index contributed by atoms with van der Waals surface area (Å²) in [7, 11) is -3.92. The summed E-state index contributed by atoms with van der Waals surface area (Å²) in [4.78, 5) is 24.4. The van der Waals surface area contributed by atoms with Gasteiger partial charge >= 0.3 is 6.09 Å². The van der Waals surface area contributed by atoms with Crippen LogP contribution >= 0.6 is 11.6 Å². The van der Waals surface area contributed by atoms with Crippen molar-refractivity contribution in [3.05, 3.63) is 82.8 Å². The van der Waals surface area contributed by atoms with E-state index in [1.807, 2.05) is 31.2 Å². The third kappa shape index (κ3) is 4.87. The minimum Gasteiger partial charge on any atom is -0.447 e. The fourth-order valence-corrected chi connectivity index (χ4v) is 6.10. The van der Waals surface area contributed by atoms with E-state index in [2.05, 4.69) is 20.3 Å². The summed E-state index contributed by atoms with van der Waals surface area (Å²) in [6, 6.07) is 16.6. The van der Waals surface area contributed by atoms with Gasteiger partial charge in [-0.2, -0.15) is 0 Å². The largest absolute Gasteiger partial charge is 0.447 e. The smallest absolute Gasteiger partial charge is 0.407 e. The number of aromatic amines is 1. The molecule has 1 unspecified atom stereocenters. The van der Waals surface area contributed by atoms with Crippen LogP contribution in [0.25, 0.3) is 11.2 Å². The van der Waals surface area contributed by atoms with Crippen molar-refractivity contribution in [2.45, 2.75) is 37.2 Å². The first-order chi connectivity index (χ1) is 17.3. The van der Waals surface area contributed by atoms with Crippen LogP contribution in [0.5, 0.6) is 0 Å². The molecule has 2 aromatic heterocycles. The van der Waals surface area contributed by atoms with Gasteiger partial charge in [-0.1, -0.05) is 29.8 Å². The number of imidazole rings is 1.